The highest BCUT2D eigenvalue weighted by Crippen LogP contribution is 2.27. The second kappa shape index (κ2) is 6.49. The summed E-state index contributed by atoms with van der Waals surface area (Å²) in [7, 11) is -3.16. The largest absolute Gasteiger partial charge is 0.480 e. The Hall–Kier alpha value is -1.87. The molecule has 0 radical (unpaired) electrons. The van der Waals surface area contributed by atoms with Crippen LogP contribution >= 0.6 is 0 Å². The fourth-order valence-electron chi connectivity index (χ4n) is 2.02. The van der Waals surface area contributed by atoms with Crippen molar-refractivity contribution < 1.29 is 32.3 Å². The Morgan fingerprint density at radius 1 is 1.23 bits per heavy atom. The molecule has 0 saturated carbocycles. The quantitative estimate of drug-likeness (QED) is 0.746. The van der Waals surface area contributed by atoms with E-state index < -0.39 is 38.8 Å². The first-order valence-corrected chi connectivity index (χ1v) is 7.94. The van der Waals surface area contributed by atoms with Crippen LogP contribution in [-0.2, 0) is 19.6 Å². The summed E-state index contributed by atoms with van der Waals surface area (Å²) in [6.07, 6.45) is 0. The summed E-state index contributed by atoms with van der Waals surface area (Å²) < 4.78 is 36.8. The molecule has 2 N–H and O–H groups in total. The van der Waals surface area contributed by atoms with Gasteiger partial charge in [-0.3, -0.25) is 4.79 Å². The lowest BCUT2D eigenvalue weighted by molar-refractivity contribution is -0.140. The monoisotopic (exact) mass is 333 g/mol. The van der Waals surface area contributed by atoms with Crippen LogP contribution in [0, 0.1) is 19.8 Å². The number of carbonyl (C=O) groups excluding carboxylic acids is 1. The van der Waals surface area contributed by atoms with Gasteiger partial charge >= 0.3 is 11.9 Å². The van der Waals surface area contributed by atoms with E-state index in [-0.39, 0.29) is 17.1 Å². The van der Waals surface area contributed by atoms with Gasteiger partial charge in [0.15, 0.2) is 0 Å². The van der Waals surface area contributed by atoms with E-state index >= 15 is 0 Å². The standard InChI is InChI=1S/C13H19NO7S/c1-6(2)10(12(15)16)14-22(18,19)11-8(4)21-7(3)9(11)13(17)20-5/h6,10,14H,1-5H3,(H,15,16). The number of sulfonamides is 1. The predicted octanol–water partition coefficient (Wildman–Crippen LogP) is 1.07. The molecule has 0 bridgehead atoms. The Kier molecular flexibility index (Phi) is 5.36. The molecule has 0 saturated heterocycles. The maximum Gasteiger partial charge on any atom is 0.342 e. The Morgan fingerprint density at radius 3 is 2.18 bits per heavy atom. The molecule has 0 aliphatic heterocycles. The van der Waals surface area contributed by atoms with Crippen molar-refractivity contribution in [2.75, 3.05) is 7.11 Å². The Balaban J connectivity index is 3.41. The highest BCUT2D eigenvalue weighted by molar-refractivity contribution is 7.89. The van der Waals surface area contributed by atoms with Crippen LogP contribution < -0.4 is 4.72 Å². The minimum absolute atomic E-state index is 0.0155. The van der Waals surface area contributed by atoms with Gasteiger partial charge in [0, 0.05) is 0 Å². The van der Waals surface area contributed by atoms with E-state index in [4.69, 9.17) is 9.52 Å². The summed E-state index contributed by atoms with van der Waals surface area (Å²) in [4.78, 5) is 22.6. The van der Waals surface area contributed by atoms with Gasteiger partial charge in [-0.2, -0.15) is 4.72 Å². The number of aliphatic carboxylic acids is 1. The highest BCUT2D eigenvalue weighted by atomic mass is 32.2. The highest BCUT2D eigenvalue weighted by Gasteiger charge is 2.35. The molecule has 8 nitrogen and oxygen atoms in total. The van der Waals surface area contributed by atoms with E-state index in [9.17, 15) is 18.0 Å². The van der Waals surface area contributed by atoms with E-state index in [1.807, 2.05) is 0 Å². The molecule has 1 heterocycles. The maximum atomic E-state index is 12.5. The van der Waals surface area contributed by atoms with E-state index in [2.05, 4.69) is 9.46 Å². The van der Waals surface area contributed by atoms with Crippen LogP contribution in [0.5, 0.6) is 0 Å². The molecule has 1 rings (SSSR count). The van der Waals surface area contributed by atoms with Gasteiger partial charge in [0.25, 0.3) is 0 Å². The molecule has 9 heteroatoms. The zero-order chi connectivity index (χ0) is 17.2. The van der Waals surface area contributed by atoms with Crippen LogP contribution in [0.4, 0.5) is 0 Å². The number of hydrogen-bond donors (Lipinski definition) is 2. The zero-order valence-electron chi connectivity index (χ0n) is 13.0. The van der Waals surface area contributed by atoms with Gasteiger partial charge < -0.3 is 14.3 Å². The number of aryl methyl sites for hydroxylation is 2. The Labute approximate surface area is 128 Å². The first kappa shape index (κ1) is 18.2. The number of carboxylic acid groups (broad SMARTS) is 1. The molecule has 22 heavy (non-hydrogen) atoms. The molecule has 0 fully saturated rings. The average molecular weight is 333 g/mol. The van der Waals surface area contributed by atoms with Crippen LogP contribution in [0.3, 0.4) is 0 Å². The van der Waals surface area contributed by atoms with Gasteiger partial charge in [-0.15, -0.1) is 0 Å². The number of carboxylic acids is 1. The number of nitrogens with one attached hydrogen (secondary N) is 1. The molecule has 1 atom stereocenters. The third-order valence-electron chi connectivity index (χ3n) is 3.08. The van der Waals surface area contributed by atoms with Crippen LogP contribution in [0.15, 0.2) is 9.31 Å². The molecule has 0 aliphatic carbocycles. The van der Waals surface area contributed by atoms with Gasteiger partial charge in [-0.1, -0.05) is 13.8 Å². The fraction of sp³-hybridized carbons (Fsp3) is 0.538. The SMILES string of the molecule is COC(=O)c1c(C)oc(C)c1S(=O)(=O)NC(C(=O)O)C(C)C. The fourth-order valence-corrected chi connectivity index (χ4v) is 3.76. The second-order valence-electron chi connectivity index (χ2n) is 5.09. The summed E-state index contributed by atoms with van der Waals surface area (Å²) >= 11 is 0. The van der Waals surface area contributed by atoms with Crippen LogP contribution in [0.25, 0.3) is 0 Å². The summed E-state index contributed by atoms with van der Waals surface area (Å²) in [6.45, 7) is 5.93. The van der Waals surface area contributed by atoms with Crippen molar-refractivity contribution in [3.8, 4) is 0 Å². The zero-order valence-corrected chi connectivity index (χ0v) is 13.8. The molecule has 0 spiro atoms. The molecule has 0 aliphatic rings. The third kappa shape index (κ3) is 3.47. The smallest absolute Gasteiger partial charge is 0.342 e. The normalized spacial score (nSPS) is 13.2. The molecular weight excluding hydrogens is 314 g/mol. The number of carbonyl (C=O) groups is 2. The second-order valence-corrected chi connectivity index (χ2v) is 6.74. The molecule has 1 aromatic rings. The van der Waals surface area contributed by atoms with Crippen molar-refractivity contribution in [2.45, 2.75) is 38.6 Å². The molecule has 0 amide bonds. The summed E-state index contributed by atoms with van der Waals surface area (Å²) in [6, 6.07) is -1.33. The third-order valence-corrected chi connectivity index (χ3v) is 4.67. The molecular formula is C13H19NO7S. The number of rotatable bonds is 6. The van der Waals surface area contributed by atoms with Crippen molar-refractivity contribution in [1.82, 2.24) is 4.72 Å². The number of methoxy groups -OCH3 is 1. The van der Waals surface area contributed by atoms with Crippen LogP contribution in [0.1, 0.15) is 35.7 Å². The van der Waals surface area contributed by atoms with Crippen molar-refractivity contribution >= 4 is 22.0 Å². The van der Waals surface area contributed by atoms with Crippen LogP contribution in [-0.4, -0.2) is 38.6 Å². The van der Waals surface area contributed by atoms with E-state index in [1.165, 1.54) is 13.8 Å². The van der Waals surface area contributed by atoms with E-state index in [0.29, 0.717) is 0 Å². The number of ether oxygens (including phenoxy) is 1. The maximum absolute atomic E-state index is 12.5. The Bertz CT molecular complexity index is 687. The summed E-state index contributed by atoms with van der Waals surface area (Å²) in [5.74, 6) is -2.59. The van der Waals surface area contributed by atoms with Crippen LogP contribution in [0.2, 0.25) is 0 Å². The average Bonchev–Trinajstić information content (AvgIpc) is 2.70. The van der Waals surface area contributed by atoms with Crippen molar-refractivity contribution in [3.63, 3.8) is 0 Å². The van der Waals surface area contributed by atoms with E-state index in [1.54, 1.807) is 13.8 Å². The molecule has 0 aromatic carbocycles. The van der Waals surface area contributed by atoms with Gasteiger partial charge in [0.1, 0.15) is 28.0 Å². The predicted molar refractivity (Wildman–Crippen MR) is 76.1 cm³/mol. The first-order valence-electron chi connectivity index (χ1n) is 6.46. The molecule has 124 valence electrons. The number of esters is 1. The summed E-state index contributed by atoms with van der Waals surface area (Å²) in [5, 5.41) is 9.11. The van der Waals surface area contributed by atoms with Gasteiger partial charge in [0.05, 0.1) is 7.11 Å². The minimum Gasteiger partial charge on any atom is -0.480 e. The van der Waals surface area contributed by atoms with E-state index in [0.717, 1.165) is 7.11 Å². The summed E-state index contributed by atoms with van der Waals surface area (Å²) in [5.41, 5.74) is -0.236. The van der Waals surface area contributed by atoms with Crippen molar-refractivity contribution in [1.29, 1.82) is 0 Å². The first-order chi connectivity index (χ1) is 10.0. The molecule has 1 aromatic heterocycles. The number of hydrogen-bond acceptors (Lipinski definition) is 6. The van der Waals surface area contributed by atoms with Gasteiger partial charge in [-0.25, -0.2) is 13.2 Å². The van der Waals surface area contributed by atoms with Crippen molar-refractivity contribution in [2.24, 2.45) is 5.92 Å². The van der Waals surface area contributed by atoms with Crippen molar-refractivity contribution in [3.05, 3.63) is 17.1 Å². The van der Waals surface area contributed by atoms with Gasteiger partial charge in [0.2, 0.25) is 10.0 Å². The van der Waals surface area contributed by atoms with Gasteiger partial charge in [-0.05, 0) is 19.8 Å². The minimum atomic E-state index is -4.27. The topological polar surface area (TPSA) is 123 Å². The lowest BCUT2D eigenvalue weighted by Crippen LogP contribution is -2.44. The lowest BCUT2D eigenvalue weighted by atomic mass is 10.1. The Morgan fingerprint density at radius 2 is 1.77 bits per heavy atom. The lowest BCUT2D eigenvalue weighted by Gasteiger charge is -2.18. The number of furan rings is 1. The molecule has 1 unspecified atom stereocenters.